The number of carbonyl (C=O) groups is 1. The van der Waals surface area contributed by atoms with Crippen molar-refractivity contribution in [1.82, 2.24) is 0 Å². The second kappa shape index (κ2) is 6.78. The molecule has 0 bridgehead atoms. The van der Waals surface area contributed by atoms with Gasteiger partial charge < -0.3 is 9.64 Å². The van der Waals surface area contributed by atoms with Crippen LogP contribution >= 0.6 is 0 Å². The summed E-state index contributed by atoms with van der Waals surface area (Å²) < 4.78 is 30.5. The molecule has 0 saturated carbocycles. The Hall–Kier alpha value is -2.25. The molecule has 6 nitrogen and oxygen atoms in total. The van der Waals surface area contributed by atoms with Crippen molar-refractivity contribution in [2.75, 3.05) is 25.1 Å². The molecule has 0 amide bonds. The van der Waals surface area contributed by atoms with Gasteiger partial charge in [-0.05, 0) is 13.0 Å². The summed E-state index contributed by atoms with van der Waals surface area (Å²) in [5.41, 5.74) is -0.818. The Morgan fingerprint density at radius 3 is 2.60 bits per heavy atom. The lowest BCUT2D eigenvalue weighted by Crippen LogP contribution is -2.31. The number of halogens is 2. The largest absolute Gasteiger partial charge is 0.468 e. The Morgan fingerprint density at radius 2 is 2.15 bits per heavy atom. The second-order valence-electron chi connectivity index (χ2n) is 3.89. The zero-order valence-corrected chi connectivity index (χ0v) is 11.0. The summed E-state index contributed by atoms with van der Waals surface area (Å²) in [6.07, 6.45) is -2.88. The number of rotatable bonds is 6. The molecular formula is C12H14F2N2O4. The van der Waals surface area contributed by atoms with Gasteiger partial charge in [-0.3, -0.25) is 14.9 Å². The summed E-state index contributed by atoms with van der Waals surface area (Å²) in [5.74, 6) is -0.578. The van der Waals surface area contributed by atoms with E-state index in [0.29, 0.717) is 0 Å². The third kappa shape index (κ3) is 3.62. The molecule has 0 heterocycles. The highest BCUT2D eigenvalue weighted by Crippen LogP contribution is 2.33. The molecule has 1 aromatic carbocycles. The van der Waals surface area contributed by atoms with Crippen molar-refractivity contribution < 1.29 is 23.2 Å². The van der Waals surface area contributed by atoms with Gasteiger partial charge in [0.05, 0.1) is 12.0 Å². The molecule has 0 saturated heterocycles. The number of nitro benzene ring substituents is 1. The first-order valence-electron chi connectivity index (χ1n) is 5.79. The van der Waals surface area contributed by atoms with Crippen LogP contribution < -0.4 is 4.90 Å². The fourth-order valence-corrected chi connectivity index (χ4v) is 1.71. The van der Waals surface area contributed by atoms with Gasteiger partial charge in [-0.25, -0.2) is 8.78 Å². The Kier molecular flexibility index (Phi) is 5.36. The maximum absolute atomic E-state index is 13.0. The number of ether oxygens (including phenoxy) is 1. The lowest BCUT2D eigenvalue weighted by molar-refractivity contribution is -0.385. The van der Waals surface area contributed by atoms with Gasteiger partial charge in [0.1, 0.15) is 6.54 Å². The number of anilines is 1. The van der Waals surface area contributed by atoms with Gasteiger partial charge >= 0.3 is 5.97 Å². The summed E-state index contributed by atoms with van der Waals surface area (Å²) in [4.78, 5) is 22.5. The van der Waals surface area contributed by atoms with Gasteiger partial charge in [0, 0.05) is 29.9 Å². The molecular weight excluding hydrogens is 274 g/mol. The summed E-state index contributed by atoms with van der Waals surface area (Å²) in [5, 5.41) is 10.6. The molecule has 110 valence electrons. The number of nitrogens with zero attached hydrogens (tertiary/aromatic N) is 2. The Balaban J connectivity index is 3.20. The summed E-state index contributed by atoms with van der Waals surface area (Å²) in [6.45, 7) is 1.76. The van der Waals surface area contributed by atoms with Crippen LogP contribution in [-0.2, 0) is 9.53 Å². The first-order valence-corrected chi connectivity index (χ1v) is 5.79. The highest BCUT2D eigenvalue weighted by atomic mass is 19.3. The van der Waals surface area contributed by atoms with Crippen LogP contribution in [-0.4, -0.2) is 31.1 Å². The van der Waals surface area contributed by atoms with Crippen molar-refractivity contribution in [3.8, 4) is 0 Å². The first-order chi connectivity index (χ1) is 9.40. The van der Waals surface area contributed by atoms with Crippen LogP contribution in [0.15, 0.2) is 18.2 Å². The maximum atomic E-state index is 13.0. The molecule has 0 atom stereocenters. The molecule has 0 aliphatic rings. The number of carbonyl (C=O) groups excluding carboxylic acids is 1. The number of hydrogen-bond acceptors (Lipinski definition) is 5. The minimum atomic E-state index is -2.88. The molecule has 0 N–H and O–H groups in total. The van der Waals surface area contributed by atoms with Crippen LogP contribution in [0.2, 0.25) is 0 Å². The topological polar surface area (TPSA) is 72.7 Å². The minimum Gasteiger partial charge on any atom is -0.468 e. The highest BCUT2D eigenvalue weighted by Gasteiger charge is 2.22. The molecule has 1 aromatic rings. The molecule has 0 radical (unpaired) electrons. The van der Waals surface area contributed by atoms with E-state index in [1.807, 2.05) is 0 Å². The fourth-order valence-electron chi connectivity index (χ4n) is 1.71. The number of non-ortho nitro benzene ring substituents is 1. The number of methoxy groups -OCH3 is 1. The average Bonchev–Trinajstić information content (AvgIpc) is 2.43. The molecule has 8 heteroatoms. The lowest BCUT2D eigenvalue weighted by atomic mass is 10.1. The average molecular weight is 288 g/mol. The van der Waals surface area contributed by atoms with Gasteiger partial charge in [0.15, 0.2) is 0 Å². The van der Waals surface area contributed by atoms with E-state index in [-0.39, 0.29) is 18.8 Å². The van der Waals surface area contributed by atoms with Crippen LogP contribution in [0.1, 0.15) is 18.9 Å². The Labute approximate surface area is 114 Å². The second-order valence-corrected chi connectivity index (χ2v) is 3.89. The third-order valence-corrected chi connectivity index (χ3v) is 2.73. The van der Waals surface area contributed by atoms with Gasteiger partial charge in [-0.15, -0.1) is 0 Å². The van der Waals surface area contributed by atoms with Crippen molar-refractivity contribution in [2.45, 2.75) is 13.3 Å². The van der Waals surface area contributed by atoms with E-state index in [1.165, 1.54) is 18.1 Å². The van der Waals surface area contributed by atoms with E-state index in [0.717, 1.165) is 12.1 Å². The standard InChI is InChI=1S/C12H14F2N2O4/c1-3-15(7-11(17)20-2)10-5-4-8(16(18)19)6-9(10)12(13)14/h4-6,12H,3,7H2,1-2H3. The number of likely N-dealkylation sites (N-methyl/N-ethyl adjacent to an activating group) is 1. The van der Waals surface area contributed by atoms with Gasteiger partial charge in [0.25, 0.3) is 12.1 Å². The normalized spacial score (nSPS) is 10.4. The lowest BCUT2D eigenvalue weighted by Gasteiger charge is -2.24. The summed E-state index contributed by atoms with van der Waals surface area (Å²) in [6, 6.07) is 3.16. The quantitative estimate of drug-likeness (QED) is 0.457. The number of benzene rings is 1. The number of alkyl halides is 2. The predicted octanol–water partition coefficient (Wildman–Crippen LogP) is 2.53. The maximum Gasteiger partial charge on any atom is 0.325 e. The molecule has 0 unspecified atom stereocenters. The fraction of sp³-hybridized carbons (Fsp3) is 0.417. The third-order valence-electron chi connectivity index (χ3n) is 2.73. The monoisotopic (exact) mass is 288 g/mol. The van der Waals surface area contributed by atoms with E-state index in [9.17, 15) is 23.7 Å². The van der Waals surface area contributed by atoms with Crippen molar-refractivity contribution in [2.24, 2.45) is 0 Å². The van der Waals surface area contributed by atoms with Crippen LogP contribution in [0, 0.1) is 10.1 Å². The minimum absolute atomic E-state index is 0.0819. The summed E-state index contributed by atoms with van der Waals surface area (Å²) >= 11 is 0. The van der Waals surface area contributed by atoms with Crippen molar-refractivity contribution in [3.63, 3.8) is 0 Å². The van der Waals surface area contributed by atoms with Crippen LogP contribution in [0.3, 0.4) is 0 Å². The Morgan fingerprint density at radius 1 is 1.50 bits per heavy atom. The van der Waals surface area contributed by atoms with Crippen molar-refractivity contribution in [1.29, 1.82) is 0 Å². The number of nitro groups is 1. The van der Waals surface area contributed by atoms with Gasteiger partial charge in [-0.2, -0.15) is 0 Å². The highest BCUT2D eigenvalue weighted by molar-refractivity contribution is 5.76. The molecule has 0 aromatic heterocycles. The molecule has 0 aliphatic heterocycles. The van der Waals surface area contributed by atoms with Crippen molar-refractivity contribution >= 4 is 17.3 Å². The van der Waals surface area contributed by atoms with Gasteiger partial charge in [0.2, 0.25) is 0 Å². The summed E-state index contributed by atoms with van der Waals surface area (Å²) in [7, 11) is 1.19. The van der Waals surface area contributed by atoms with Crippen LogP contribution in [0.25, 0.3) is 0 Å². The van der Waals surface area contributed by atoms with E-state index < -0.39 is 28.6 Å². The van der Waals surface area contributed by atoms with E-state index in [1.54, 1.807) is 6.92 Å². The molecule has 20 heavy (non-hydrogen) atoms. The van der Waals surface area contributed by atoms with Crippen LogP contribution in [0.5, 0.6) is 0 Å². The zero-order chi connectivity index (χ0) is 15.3. The van der Waals surface area contributed by atoms with Crippen molar-refractivity contribution in [3.05, 3.63) is 33.9 Å². The molecule has 1 rings (SSSR count). The SMILES string of the molecule is CCN(CC(=O)OC)c1ccc([N+](=O)[O-])cc1C(F)F. The number of esters is 1. The van der Waals surface area contributed by atoms with E-state index in [4.69, 9.17) is 0 Å². The van der Waals surface area contributed by atoms with E-state index in [2.05, 4.69) is 4.74 Å². The zero-order valence-electron chi connectivity index (χ0n) is 11.0. The van der Waals surface area contributed by atoms with Crippen LogP contribution in [0.4, 0.5) is 20.2 Å². The number of hydrogen-bond donors (Lipinski definition) is 0. The Bertz CT molecular complexity index is 508. The molecule has 0 aliphatic carbocycles. The molecule has 0 spiro atoms. The first kappa shape index (κ1) is 15.8. The van der Waals surface area contributed by atoms with Gasteiger partial charge in [-0.1, -0.05) is 0 Å². The molecule has 0 fully saturated rings. The van der Waals surface area contributed by atoms with E-state index >= 15 is 0 Å². The smallest absolute Gasteiger partial charge is 0.325 e. The predicted molar refractivity (Wildman–Crippen MR) is 68.0 cm³/mol.